The van der Waals surface area contributed by atoms with Crippen LogP contribution in [0.4, 0.5) is 0 Å². The van der Waals surface area contributed by atoms with Crippen LogP contribution in [0.2, 0.25) is 0 Å². The Labute approximate surface area is 136 Å². The SMILES string of the molecule is CC(C)CCCC(C(=O)O)[C@H](Cc1ccccc1)c1nnn[nH]1. The first-order valence-corrected chi connectivity index (χ1v) is 8.08. The van der Waals surface area contributed by atoms with E-state index in [2.05, 4.69) is 34.5 Å². The standard InChI is InChI=1S/C17H24N4O2/c1-12(2)7-6-10-14(17(22)23)15(16-18-20-21-19-16)11-13-8-4-3-5-9-13/h3-5,8-9,12,14-15H,6-7,10-11H2,1-2H3,(H,22,23)(H,18,19,20,21)/t14?,15-/m0/s1. The molecule has 1 unspecified atom stereocenters. The van der Waals surface area contributed by atoms with Crippen molar-refractivity contribution in [2.75, 3.05) is 0 Å². The highest BCUT2D eigenvalue weighted by molar-refractivity contribution is 5.71. The Morgan fingerprint density at radius 1 is 1.22 bits per heavy atom. The summed E-state index contributed by atoms with van der Waals surface area (Å²) >= 11 is 0. The fourth-order valence-corrected chi connectivity index (χ4v) is 2.86. The predicted octanol–water partition coefficient (Wildman–Crippen LogP) is 3.05. The van der Waals surface area contributed by atoms with Gasteiger partial charge in [-0.05, 0) is 34.7 Å². The average molecular weight is 316 g/mol. The number of hydrogen-bond donors (Lipinski definition) is 2. The molecule has 0 aliphatic carbocycles. The Balaban J connectivity index is 2.17. The Bertz CT molecular complexity index is 584. The lowest BCUT2D eigenvalue weighted by Gasteiger charge is -2.22. The van der Waals surface area contributed by atoms with Crippen LogP contribution >= 0.6 is 0 Å². The molecule has 6 nitrogen and oxygen atoms in total. The normalized spacial score (nSPS) is 13.9. The van der Waals surface area contributed by atoms with E-state index < -0.39 is 11.9 Å². The van der Waals surface area contributed by atoms with E-state index in [9.17, 15) is 9.90 Å². The van der Waals surface area contributed by atoms with Crippen LogP contribution in [0.3, 0.4) is 0 Å². The van der Waals surface area contributed by atoms with Crippen molar-refractivity contribution in [3.05, 3.63) is 41.7 Å². The van der Waals surface area contributed by atoms with E-state index in [4.69, 9.17) is 0 Å². The molecule has 2 rings (SSSR count). The largest absolute Gasteiger partial charge is 0.481 e. The molecule has 1 aromatic heterocycles. The number of benzene rings is 1. The predicted molar refractivity (Wildman–Crippen MR) is 86.9 cm³/mol. The summed E-state index contributed by atoms with van der Waals surface area (Å²) in [5.41, 5.74) is 1.09. The van der Waals surface area contributed by atoms with Crippen molar-refractivity contribution in [3.63, 3.8) is 0 Å². The molecule has 0 saturated carbocycles. The van der Waals surface area contributed by atoms with Crippen molar-refractivity contribution in [2.24, 2.45) is 11.8 Å². The number of nitrogens with zero attached hydrogens (tertiary/aromatic N) is 3. The molecule has 0 saturated heterocycles. The quantitative estimate of drug-likeness (QED) is 0.742. The van der Waals surface area contributed by atoms with Crippen molar-refractivity contribution < 1.29 is 9.90 Å². The molecule has 0 aliphatic rings. The Morgan fingerprint density at radius 3 is 2.52 bits per heavy atom. The number of nitrogens with one attached hydrogen (secondary N) is 1. The number of aromatic amines is 1. The van der Waals surface area contributed by atoms with Crippen molar-refractivity contribution in [3.8, 4) is 0 Å². The minimum absolute atomic E-state index is 0.253. The minimum atomic E-state index is -0.786. The van der Waals surface area contributed by atoms with Gasteiger partial charge in [-0.25, -0.2) is 5.10 Å². The summed E-state index contributed by atoms with van der Waals surface area (Å²) in [4.78, 5) is 11.8. The van der Waals surface area contributed by atoms with Crippen LogP contribution in [0.15, 0.2) is 30.3 Å². The molecule has 0 bridgehead atoms. The van der Waals surface area contributed by atoms with E-state index in [1.165, 1.54) is 0 Å². The van der Waals surface area contributed by atoms with E-state index in [0.29, 0.717) is 24.6 Å². The molecule has 0 amide bonds. The molecule has 1 aromatic carbocycles. The van der Waals surface area contributed by atoms with E-state index in [0.717, 1.165) is 18.4 Å². The maximum absolute atomic E-state index is 11.8. The fraction of sp³-hybridized carbons (Fsp3) is 0.529. The highest BCUT2D eigenvalue weighted by Crippen LogP contribution is 2.30. The third-order valence-corrected chi connectivity index (χ3v) is 4.11. The van der Waals surface area contributed by atoms with Gasteiger partial charge in [0.25, 0.3) is 0 Å². The van der Waals surface area contributed by atoms with Gasteiger partial charge >= 0.3 is 5.97 Å². The molecular weight excluding hydrogens is 292 g/mol. The maximum atomic E-state index is 11.8. The first-order valence-electron chi connectivity index (χ1n) is 8.08. The van der Waals surface area contributed by atoms with Crippen LogP contribution in [0.1, 0.15) is 50.4 Å². The van der Waals surface area contributed by atoms with E-state index in [1.54, 1.807) is 0 Å². The summed E-state index contributed by atoms with van der Waals surface area (Å²) in [5, 5.41) is 23.7. The van der Waals surface area contributed by atoms with Gasteiger partial charge in [0, 0.05) is 5.92 Å². The second-order valence-corrected chi connectivity index (χ2v) is 6.35. The summed E-state index contributed by atoms with van der Waals surface area (Å²) < 4.78 is 0. The van der Waals surface area contributed by atoms with Crippen molar-refractivity contribution in [1.29, 1.82) is 0 Å². The summed E-state index contributed by atoms with van der Waals surface area (Å²) in [6.07, 6.45) is 3.15. The molecule has 6 heteroatoms. The highest BCUT2D eigenvalue weighted by Gasteiger charge is 2.31. The zero-order valence-corrected chi connectivity index (χ0v) is 13.6. The highest BCUT2D eigenvalue weighted by atomic mass is 16.4. The second-order valence-electron chi connectivity index (χ2n) is 6.35. The number of carbonyl (C=O) groups is 1. The molecule has 2 N–H and O–H groups in total. The lowest BCUT2D eigenvalue weighted by molar-refractivity contribution is -0.143. The number of H-pyrrole nitrogens is 1. The van der Waals surface area contributed by atoms with Crippen LogP contribution in [0.5, 0.6) is 0 Å². The summed E-state index contributed by atoms with van der Waals surface area (Å²) in [6, 6.07) is 9.87. The van der Waals surface area contributed by atoms with Gasteiger partial charge in [0.05, 0.1) is 5.92 Å². The average Bonchev–Trinajstić information content (AvgIpc) is 3.04. The molecule has 124 valence electrons. The number of aromatic nitrogens is 4. The van der Waals surface area contributed by atoms with Gasteiger partial charge in [-0.1, -0.05) is 57.0 Å². The van der Waals surface area contributed by atoms with Crippen LogP contribution in [0, 0.1) is 11.8 Å². The molecule has 0 aliphatic heterocycles. The number of carboxylic acid groups (broad SMARTS) is 1. The molecule has 0 radical (unpaired) electrons. The van der Waals surface area contributed by atoms with E-state index >= 15 is 0 Å². The molecule has 23 heavy (non-hydrogen) atoms. The van der Waals surface area contributed by atoms with Gasteiger partial charge in [-0.15, -0.1) is 5.10 Å². The lowest BCUT2D eigenvalue weighted by atomic mass is 9.82. The fourth-order valence-electron chi connectivity index (χ4n) is 2.86. The molecule has 2 aromatic rings. The molecule has 0 fully saturated rings. The van der Waals surface area contributed by atoms with Crippen LogP contribution in [-0.4, -0.2) is 31.7 Å². The topological polar surface area (TPSA) is 91.8 Å². The summed E-state index contributed by atoms with van der Waals surface area (Å²) in [7, 11) is 0. The Hall–Kier alpha value is -2.24. The van der Waals surface area contributed by atoms with Gasteiger partial charge in [-0.3, -0.25) is 4.79 Å². The monoisotopic (exact) mass is 316 g/mol. The number of carboxylic acids is 1. The number of hydrogen-bond acceptors (Lipinski definition) is 4. The third kappa shape index (κ3) is 5.16. The lowest BCUT2D eigenvalue weighted by Crippen LogP contribution is -2.25. The van der Waals surface area contributed by atoms with E-state index in [-0.39, 0.29) is 5.92 Å². The zero-order chi connectivity index (χ0) is 16.7. The van der Waals surface area contributed by atoms with Crippen molar-refractivity contribution >= 4 is 5.97 Å². The zero-order valence-electron chi connectivity index (χ0n) is 13.6. The van der Waals surface area contributed by atoms with Crippen LogP contribution < -0.4 is 0 Å². The van der Waals surface area contributed by atoms with Gasteiger partial charge in [0.2, 0.25) is 0 Å². The van der Waals surface area contributed by atoms with Gasteiger partial charge in [0.15, 0.2) is 5.82 Å². The molecular formula is C17H24N4O2. The molecule has 2 atom stereocenters. The van der Waals surface area contributed by atoms with Crippen LogP contribution in [0.25, 0.3) is 0 Å². The summed E-state index contributed by atoms with van der Waals surface area (Å²) in [5.74, 6) is -0.415. The Morgan fingerprint density at radius 2 is 1.96 bits per heavy atom. The third-order valence-electron chi connectivity index (χ3n) is 4.11. The molecule has 1 heterocycles. The smallest absolute Gasteiger partial charge is 0.307 e. The van der Waals surface area contributed by atoms with Crippen molar-refractivity contribution in [1.82, 2.24) is 20.6 Å². The Kier molecular flexibility index (Phi) is 6.26. The minimum Gasteiger partial charge on any atom is -0.481 e. The molecule has 0 spiro atoms. The van der Waals surface area contributed by atoms with Gasteiger partial charge in [-0.2, -0.15) is 0 Å². The van der Waals surface area contributed by atoms with Crippen molar-refractivity contribution in [2.45, 2.75) is 45.4 Å². The summed E-state index contributed by atoms with van der Waals surface area (Å²) in [6.45, 7) is 4.30. The number of aliphatic carboxylic acids is 1. The first kappa shape index (κ1) is 17.1. The van der Waals surface area contributed by atoms with Crippen LogP contribution in [-0.2, 0) is 11.2 Å². The van der Waals surface area contributed by atoms with E-state index in [1.807, 2.05) is 30.3 Å². The van der Waals surface area contributed by atoms with Gasteiger partial charge < -0.3 is 5.11 Å². The number of tetrazole rings is 1. The van der Waals surface area contributed by atoms with Gasteiger partial charge in [0.1, 0.15) is 0 Å². The second kappa shape index (κ2) is 8.41. The first-order chi connectivity index (χ1) is 11.1. The number of rotatable bonds is 9. The maximum Gasteiger partial charge on any atom is 0.307 e.